The number of hydrogen-bond acceptors (Lipinski definition) is 4. The van der Waals surface area contributed by atoms with E-state index in [4.69, 9.17) is 10.2 Å². The Morgan fingerprint density at radius 3 is 2.75 bits per heavy atom. The minimum Gasteiger partial charge on any atom is -0.459 e. The summed E-state index contributed by atoms with van der Waals surface area (Å²) in [6, 6.07) is 3.33. The van der Waals surface area contributed by atoms with E-state index in [9.17, 15) is 9.90 Å². The molecule has 5 nitrogen and oxygen atoms in total. The molecule has 16 heavy (non-hydrogen) atoms. The molecule has 1 saturated heterocycles. The maximum Gasteiger partial charge on any atom is 0.289 e. The first kappa shape index (κ1) is 11.2. The highest BCUT2D eigenvalue weighted by Gasteiger charge is 2.33. The Morgan fingerprint density at radius 2 is 2.25 bits per heavy atom. The molecule has 1 fully saturated rings. The van der Waals surface area contributed by atoms with Gasteiger partial charge >= 0.3 is 0 Å². The molecule has 0 spiro atoms. The molecule has 0 unspecified atom stereocenters. The normalized spacial score (nSPS) is 19.8. The van der Waals surface area contributed by atoms with Crippen LogP contribution < -0.4 is 5.73 Å². The van der Waals surface area contributed by atoms with Gasteiger partial charge in [0.25, 0.3) is 5.91 Å². The van der Waals surface area contributed by atoms with Crippen LogP contribution in [-0.4, -0.2) is 41.1 Å². The summed E-state index contributed by atoms with van der Waals surface area (Å²) < 4.78 is 5.05. The van der Waals surface area contributed by atoms with Crippen molar-refractivity contribution in [3.63, 3.8) is 0 Å². The molecule has 1 amide bonds. The maximum atomic E-state index is 11.9. The van der Waals surface area contributed by atoms with E-state index in [1.54, 1.807) is 17.0 Å². The molecule has 0 bridgehead atoms. The van der Waals surface area contributed by atoms with Crippen LogP contribution in [0, 0.1) is 0 Å². The second kappa shape index (κ2) is 4.27. The lowest BCUT2D eigenvalue weighted by atomic mass is 9.91. The number of carbonyl (C=O) groups is 1. The van der Waals surface area contributed by atoms with E-state index < -0.39 is 5.60 Å². The Hall–Kier alpha value is -1.33. The molecule has 1 aliphatic rings. The average Bonchev–Trinajstić information content (AvgIpc) is 2.83. The molecule has 0 aromatic carbocycles. The van der Waals surface area contributed by atoms with Gasteiger partial charge in [-0.15, -0.1) is 0 Å². The van der Waals surface area contributed by atoms with Gasteiger partial charge in [0, 0.05) is 19.6 Å². The van der Waals surface area contributed by atoms with E-state index in [2.05, 4.69) is 0 Å². The third-order valence-corrected chi connectivity index (χ3v) is 3.09. The number of furan rings is 1. The summed E-state index contributed by atoms with van der Waals surface area (Å²) in [6.07, 6.45) is 2.53. The fourth-order valence-corrected chi connectivity index (χ4v) is 1.89. The minimum atomic E-state index is -0.806. The minimum absolute atomic E-state index is 0.121. The first-order valence-corrected chi connectivity index (χ1v) is 5.40. The van der Waals surface area contributed by atoms with Crippen LogP contribution in [0.2, 0.25) is 0 Å². The van der Waals surface area contributed by atoms with Gasteiger partial charge in [0.15, 0.2) is 5.76 Å². The first-order valence-electron chi connectivity index (χ1n) is 5.40. The Kier molecular flexibility index (Phi) is 2.98. The number of nitrogens with two attached hydrogens (primary N) is 1. The number of rotatable bonds is 2. The van der Waals surface area contributed by atoms with Gasteiger partial charge in [-0.2, -0.15) is 0 Å². The second-order valence-electron chi connectivity index (χ2n) is 4.20. The summed E-state index contributed by atoms with van der Waals surface area (Å²) in [7, 11) is 0. The third kappa shape index (κ3) is 2.10. The van der Waals surface area contributed by atoms with Crippen LogP contribution in [0.3, 0.4) is 0 Å². The van der Waals surface area contributed by atoms with E-state index in [0.717, 1.165) is 0 Å². The Bertz CT molecular complexity index is 353. The third-order valence-electron chi connectivity index (χ3n) is 3.09. The lowest BCUT2D eigenvalue weighted by Crippen LogP contribution is -2.50. The zero-order chi connectivity index (χ0) is 11.6. The summed E-state index contributed by atoms with van der Waals surface area (Å²) in [5.74, 6) is 0.224. The van der Waals surface area contributed by atoms with Crippen molar-refractivity contribution in [1.29, 1.82) is 0 Å². The fourth-order valence-electron chi connectivity index (χ4n) is 1.89. The Balaban J connectivity index is 1.97. The number of piperidine rings is 1. The smallest absolute Gasteiger partial charge is 0.289 e. The van der Waals surface area contributed by atoms with Crippen molar-refractivity contribution in [3.8, 4) is 0 Å². The summed E-state index contributed by atoms with van der Waals surface area (Å²) in [4.78, 5) is 13.6. The van der Waals surface area contributed by atoms with E-state index in [0.29, 0.717) is 31.7 Å². The number of hydrogen-bond donors (Lipinski definition) is 2. The van der Waals surface area contributed by atoms with Gasteiger partial charge in [-0.1, -0.05) is 0 Å². The maximum absolute atomic E-state index is 11.9. The molecule has 0 saturated carbocycles. The van der Waals surface area contributed by atoms with Crippen LogP contribution >= 0.6 is 0 Å². The SMILES string of the molecule is NCC1(O)CCN(C(=O)c2ccco2)CC1. The summed E-state index contributed by atoms with van der Waals surface area (Å²) in [5.41, 5.74) is 4.68. The van der Waals surface area contributed by atoms with Crippen molar-refractivity contribution in [2.24, 2.45) is 5.73 Å². The Labute approximate surface area is 93.8 Å². The van der Waals surface area contributed by atoms with Crippen LogP contribution in [0.1, 0.15) is 23.4 Å². The highest BCUT2D eigenvalue weighted by atomic mass is 16.3. The zero-order valence-electron chi connectivity index (χ0n) is 9.06. The van der Waals surface area contributed by atoms with E-state index in [1.807, 2.05) is 0 Å². The van der Waals surface area contributed by atoms with Crippen molar-refractivity contribution < 1.29 is 14.3 Å². The summed E-state index contributed by atoms with van der Waals surface area (Å²) >= 11 is 0. The molecular formula is C11H16N2O3. The van der Waals surface area contributed by atoms with Crippen molar-refractivity contribution in [3.05, 3.63) is 24.2 Å². The van der Waals surface area contributed by atoms with Gasteiger partial charge in [0.1, 0.15) is 0 Å². The van der Waals surface area contributed by atoms with Crippen LogP contribution in [0.4, 0.5) is 0 Å². The van der Waals surface area contributed by atoms with Gasteiger partial charge in [0.05, 0.1) is 11.9 Å². The monoisotopic (exact) mass is 224 g/mol. The Morgan fingerprint density at radius 1 is 1.56 bits per heavy atom. The number of nitrogens with zero attached hydrogens (tertiary/aromatic N) is 1. The molecule has 1 aromatic rings. The molecular weight excluding hydrogens is 208 g/mol. The van der Waals surface area contributed by atoms with E-state index in [-0.39, 0.29) is 12.5 Å². The van der Waals surface area contributed by atoms with Crippen LogP contribution in [0.15, 0.2) is 22.8 Å². The molecule has 5 heteroatoms. The van der Waals surface area contributed by atoms with Crippen molar-refractivity contribution in [2.75, 3.05) is 19.6 Å². The van der Waals surface area contributed by atoms with Crippen molar-refractivity contribution >= 4 is 5.91 Å². The highest BCUT2D eigenvalue weighted by molar-refractivity contribution is 5.91. The summed E-state index contributed by atoms with van der Waals surface area (Å²) in [6.45, 7) is 1.29. The predicted molar refractivity (Wildman–Crippen MR) is 57.8 cm³/mol. The molecule has 2 heterocycles. The van der Waals surface area contributed by atoms with Crippen molar-refractivity contribution in [2.45, 2.75) is 18.4 Å². The molecule has 1 aliphatic heterocycles. The van der Waals surface area contributed by atoms with Gasteiger partial charge in [-0.05, 0) is 25.0 Å². The quantitative estimate of drug-likeness (QED) is 0.752. The van der Waals surface area contributed by atoms with Crippen LogP contribution in [0.25, 0.3) is 0 Å². The van der Waals surface area contributed by atoms with Gasteiger partial charge < -0.3 is 20.2 Å². The van der Waals surface area contributed by atoms with Crippen LogP contribution in [-0.2, 0) is 0 Å². The van der Waals surface area contributed by atoms with Crippen LogP contribution in [0.5, 0.6) is 0 Å². The largest absolute Gasteiger partial charge is 0.459 e. The standard InChI is InChI=1S/C11H16N2O3/c12-8-11(15)3-5-13(6-4-11)10(14)9-2-1-7-16-9/h1-2,7,15H,3-6,8,12H2. The number of likely N-dealkylation sites (tertiary alicyclic amines) is 1. The topological polar surface area (TPSA) is 79.7 Å². The fraction of sp³-hybridized carbons (Fsp3) is 0.545. The lowest BCUT2D eigenvalue weighted by Gasteiger charge is -2.37. The molecule has 3 N–H and O–H groups in total. The van der Waals surface area contributed by atoms with E-state index >= 15 is 0 Å². The molecule has 0 radical (unpaired) electrons. The van der Waals surface area contributed by atoms with E-state index in [1.165, 1.54) is 6.26 Å². The molecule has 2 rings (SSSR count). The van der Waals surface area contributed by atoms with Gasteiger partial charge in [0.2, 0.25) is 0 Å². The molecule has 0 aliphatic carbocycles. The number of amides is 1. The molecule has 88 valence electrons. The predicted octanol–water partition coefficient (Wildman–Crippen LogP) is 0.205. The molecule has 0 atom stereocenters. The second-order valence-corrected chi connectivity index (χ2v) is 4.20. The lowest BCUT2D eigenvalue weighted by molar-refractivity contribution is -0.0103. The van der Waals surface area contributed by atoms with Crippen molar-refractivity contribution in [1.82, 2.24) is 4.90 Å². The molecule has 1 aromatic heterocycles. The number of carbonyl (C=O) groups excluding carboxylic acids is 1. The number of aliphatic hydroxyl groups is 1. The zero-order valence-corrected chi connectivity index (χ0v) is 9.06. The van der Waals surface area contributed by atoms with Gasteiger partial charge in [-0.3, -0.25) is 4.79 Å². The van der Waals surface area contributed by atoms with Gasteiger partial charge in [-0.25, -0.2) is 0 Å². The summed E-state index contributed by atoms with van der Waals surface area (Å²) in [5, 5.41) is 9.92. The average molecular weight is 224 g/mol. The first-order chi connectivity index (χ1) is 7.64. The highest BCUT2D eigenvalue weighted by Crippen LogP contribution is 2.22.